The van der Waals surface area contributed by atoms with E-state index in [0.717, 1.165) is 61.8 Å². The molecule has 142 valence electrons. The van der Waals surface area contributed by atoms with Crippen LogP contribution in [0, 0.1) is 6.92 Å². The van der Waals surface area contributed by atoms with Crippen molar-refractivity contribution in [1.29, 1.82) is 0 Å². The number of hydrogen-bond donors (Lipinski definition) is 0. The molecule has 4 heterocycles. The molecule has 3 aromatic rings. The van der Waals surface area contributed by atoms with Gasteiger partial charge in [-0.1, -0.05) is 36.4 Å². The summed E-state index contributed by atoms with van der Waals surface area (Å²) in [4.78, 5) is 20.1. The van der Waals surface area contributed by atoms with E-state index in [9.17, 15) is 4.79 Å². The second-order valence-corrected chi connectivity index (χ2v) is 7.96. The summed E-state index contributed by atoms with van der Waals surface area (Å²) in [6, 6.07) is 15.8. The number of aryl methyl sites for hydroxylation is 1. The highest BCUT2D eigenvalue weighted by Crippen LogP contribution is 2.41. The molecule has 1 saturated heterocycles. The third-order valence-corrected chi connectivity index (χ3v) is 6.05. The van der Waals surface area contributed by atoms with Crippen molar-refractivity contribution in [3.63, 3.8) is 0 Å². The zero-order valence-electron chi connectivity index (χ0n) is 16.0. The number of rotatable bonds is 3. The monoisotopic (exact) mass is 373 g/mol. The fourth-order valence-electron chi connectivity index (χ4n) is 4.63. The van der Waals surface area contributed by atoms with Crippen molar-refractivity contribution < 1.29 is 0 Å². The van der Waals surface area contributed by atoms with Crippen LogP contribution in [0.2, 0.25) is 0 Å². The molecule has 2 aliphatic heterocycles. The van der Waals surface area contributed by atoms with E-state index < -0.39 is 0 Å². The number of hydrogen-bond acceptors (Lipinski definition) is 5. The summed E-state index contributed by atoms with van der Waals surface area (Å²) in [6.07, 6.45) is 1.96. The van der Waals surface area contributed by atoms with Gasteiger partial charge in [-0.15, -0.1) is 10.2 Å². The Bertz CT molecular complexity index is 1080. The highest BCUT2D eigenvalue weighted by molar-refractivity contribution is 5.57. The largest absolute Gasteiger partial charge is 0.296 e. The molecule has 0 amide bonds. The average molecular weight is 373 g/mol. The lowest BCUT2D eigenvalue weighted by molar-refractivity contribution is 0.296. The molecular formula is C22H23N5O. The van der Waals surface area contributed by atoms with Crippen molar-refractivity contribution >= 4 is 0 Å². The maximum atomic E-state index is 13.0. The Morgan fingerprint density at radius 2 is 1.82 bits per heavy atom. The summed E-state index contributed by atoms with van der Waals surface area (Å²) < 4.78 is 1.85. The first-order valence-corrected chi connectivity index (χ1v) is 9.83. The molecule has 1 spiro atoms. The van der Waals surface area contributed by atoms with Crippen molar-refractivity contribution in [3.8, 4) is 11.3 Å². The Balaban J connectivity index is 1.42. The smallest absolute Gasteiger partial charge is 0.280 e. The number of nitrogens with zero attached hydrogens (tertiary/aromatic N) is 5. The molecule has 1 atom stereocenters. The quantitative estimate of drug-likeness (QED) is 0.706. The molecule has 0 N–H and O–H groups in total. The van der Waals surface area contributed by atoms with Crippen LogP contribution in [0.4, 0.5) is 0 Å². The van der Waals surface area contributed by atoms with Crippen LogP contribution >= 0.6 is 0 Å². The molecule has 2 aliphatic rings. The van der Waals surface area contributed by atoms with Gasteiger partial charge in [0.15, 0.2) is 5.69 Å². The van der Waals surface area contributed by atoms with Crippen molar-refractivity contribution in [2.24, 2.45) is 0 Å². The van der Waals surface area contributed by atoms with Crippen LogP contribution in [0.5, 0.6) is 0 Å². The summed E-state index contributed by atoms with van der Waals surface area (Å²) >= 11 is 0. The minimum Gasteiger partial charge on any atom is -0.296 e. The van der Waals surface area contributed by atoms with Crippen molar-refractivity contribution in [1.82, 2.24) is 24.6 Å². The molecule has 0 radical (unpaired) electrons. The minimum atomic E-state index is -0.0643. The lowest BCUT2D eigenvalue weighted by atomic mass is 9.85. The van der Waals surface area contributed by atoms with Gasteiger partial charge >= 0.3 is 0 Å². The molecule has 6 nitrogen and oxygen atoms in total. The van der Waals surface area contributed by atoms with Gasteiger partial charge in [-0.2, -0.15) is 0 Å². The Morgan fingerprint density at radius 1 is 1.00 bits per heavy atom. The first-order valence-electron chi connectivity index (χ1n) is 9.83. The molecule has 0 aliphatic carbocycles. The molecule has 0 saturated carbocycles. The van der Waals surface area contributed by atoms with Crippen molar-refractivity contribution in [2.45, 2.75) is 38.3 Å². The second-order valence-electron chi connectivity index (χ2n) is 7.96. The predicted molar refractivity (Wildman–Crippen MR) is 107 cm³/mol. The number of pyridine rings is 1. The summed E-state index contributed by atoms with van der Waals surface area (Å²) in [5.74, 6) is 0.858. The Kier molecular flexibility index (Phi) is 4.09. The van der Waals surface area contributed by atoms with Crippen LogP contribution in [-0.2, 0) is 18.5 Å². The summed E-state index contributed by atoms with van der Waals surface area (Å²) in [7, 11) is 0. The number of benzene rings is 1. The molecular weight excluding hydrogens is 350 g/mol. The summed E-state index contributed by atoms with van der Waals surface area (Å²) in [5.41, 5.74) is 3.33. The Labute approximate surface area is 163 Å². The van der Waals surface area contributed by atoms with Gasteiger partial charge in [0, 0.05) is 36.3 Å². The molecule has 1 fully saturated rings. The number of likely N-dealkylation sites (tertiary alicyclic amines) is 1. The molecule has 0 bridgehead atoms. The van der Waals surface area contributed by atoms with E-state index in [1.165, 1.54) is 0 Å². The average Bonchev–Trinajstić information content (AvgIpc) is 3.28. The first-order chi connectivity index (χ1) is 13.6. The van der Waals surface area contributed by atoms with Crippen molar-refractivity contribution in [2.75, 3.05) is 13.1 Å². The predicted octanol–water partition coefficient (Wildman–Crippen LogP) is 2.56. The van der Waals surface area contributed by atoms with E-state index in [4.69, 9.17) is 0 Å². The van der Waals surface area contributed by atoms with Crippen LogP contribution in [-0.4, -0.2) is 37.7 Å². The standard InChI is InChI=1S/C22H23N5O/c1-16-6-5-9-18(23-16)14-26-12-10-22(15-26)11-13-27-20(28)19(24-25-21(22)27)17-7-3-2-4-8-17/h2-9H,10-15H2,1H3. The van der Waals surface area contributed by atoms with Gasteiger partial charge in [0.1, 0.15) is 5.82 Å². The van der Waals surface area contributed by atoms with Crippen molar-refractivity contribution in [3.05, 3.63) is 76.1 Å². The Hall–Kier alpha value is -2.86. The fourth-order valence-corrected chi connectivity index (χ4v) is 4.63. The molecule has 28 heavy (non-hydrogen) atoms. The third-order valence-electron chi connectivity index (χ3n) is 6.05. The minimum absolute atomic E-state index is 0.0214. The zero-order valence-corrected chi connectivity index (χ0v) is 16.0. The highest BCUT2D eigenvalue weighted by Gasteiger charge is 2.46. The van der Waals surface area contributed by atoms with E-state index in [1.807, 2.05) is 47.9 Å². The van der Waals surface area contributed by atoms with Gasteiger partial charge in [0.2, 0.25) is 0 Å². The molecule has 5 rings (SSSR count). The van der Waals surface area contributed by atoms with Crippen LogP contribution in [0.1, 0.15) is 30.1 Å². The maximum absolute atomic E-state index is 13.0. The van der Waals surface area contributed by atoms with Gasteiger partial charge in [-0.05, 0) is 38.4 Å². The van der Waals surface area contributed by atoms with E-state index in [1.54, 1.807) is 0 Å². The van der Waals surface area contributed by atoms with Gasteiger partial charge in [0.25, 0.3) is 5.56 Å². The number of aromatic nitrogens is 4. The maximum Gasteiger partial charge on any atom is 0.280 e. The Morgan fingerprint density at radius 3 is 2.64 bits per heavy atom. The normalized spacial score (nSPS) is 21.3. The highest BCUT2D eigenvalue weighted by atomic mass is 16.1. The van der Waals surface area contributed by atoms with Gasteiger partial charge in [-0.25, -0.2) is 0 Å². The second kappa shape index (κ2) is 6.63. The fraction of sp³-hybridized carbons (Fsp3) is 0.364. The van der Waals surface area contributed by atoms with Gasteiger partial charge in [0.05, 0.1) is 5.69 Å². The lowest BCUT2D eigenvalue weighted by Gasteiger charge is -2.23. The molecule has 1 unspecified atom stereocenters. The van der Waals surface area contributed by atoms with Crippen LogP contribution < -0.4 is 5.56 Å². The van der Waals surface area contributed by atoms with E-state index in [0.29, 0.717) is 5.69 Å². The first kappa shape index (κ1) is 17.3. The van der Waals surface area contributed by atoms with Crippen LogP contribution in [0.3, 0.4) is 0 Å². The lowest BCUT2D eigenvalue weighted by Crippen LogP contribution is -2.33. The van der Waals surface area contributed by atoms with Crippen LogP contribution in [0.15, 0.2) is 53.3 Å². The zero-order chi connectivity index (χ0) is 19.1. The SMILES string of the molecule is Cc1cccc(CN2CCC3(CCn4c3nnc(-c3ccccc3)c4=O)C2)n1. The third kappa shape index (κ3) is 2.85. The van der Waals surface area contributed by atoms with Crippen LogP contribution in [0.25, 0.3) is 11.3 Å². The van der Waals surface area contributed by atoms with E-state index in [-0.39, 0.29) is 11.0 Å². The number of fused-ring (bicyclic) bond motifs is 2. The molecule has 1 aromatic carbocycles. The summed E-state index contributed by atoms with van der Waals surface area (Å²) in [5, 5.41) is 8.90. The summed E-state index contributed by atoms with van der Waals surface area (Å²) in [6.45, 7) is 5.48. The van der Waals surface area contributed by atoms with Gasteiger partial charge < -0.3 is 0 Å². The van der Waals surface area contributed by atoms with E-state index >= 15 is 0 Å². The topological polar surface area (TPSA) is 63.9 Å². The van der Waals surface area contributed by atoms with Gasteiger partial charge in [-0.3, -0.25) is 19.2 Å². The molecule has 2 aromatic heterocycles. The molecule has 6 heteroatoms. The van der Waals surface area contributed by atoms with E-state index in [2.05, 4.69) is 32.2 Å².